The molecule has 8 heteroatoms. The SMILES string of the molecule is O=C(NCCCn1ccnc1)NC1CCCN(c2ncccn2)C1. The fourth-order valence-electron chi connectivity index (χ4n) is 2.85. The Morgan fingerprint density at radius 3 is 2.96 bits per heavy atom. The molecule has 3 rings (SSSR count). The van der Waals surface area contributed by atoms with Crippen LogP contribution in [0.5, 0.6) is 0 Å². The highest BCUT2D eigenvalue weighted by molar-refractivity contribution is 5.74. The predicted octanol–water partition coefficient (Wildman–Crippen LogP) is 1.03. The number of hydrogen-bond donors (Lipinski definition) is 2. The number of aromatic nitrogens is 4. The first-order chi connectivity index (χ1) is 11.8. The summed E-state index contributed by atoms with van der Waals surface area (Å²) in [7, 11) is 0. The molecule has 2 amide bonds. The van der Waals surface area contributed by atoms with Crippen LogP contribution in [0.3, 0.4) is 0 Å². The highest BCUT2D eigenvalue weighted by atomic mass is 16.2. The van der Waals surface area contributed by atoms with Gasteiger partial charge in [0.2, 0.25) is 5.95 Å². The first-order valence-electron chi connectivity index (χ1n) is 8.33. The van der Waals surface area contributed by atoms with Gasteiger partial charge >= 0.3 is 6.03 Å². The van der Waals surface area contributed by atoms with Gasteiger partial charge in [0.25, 0.3) is 0 Å². The Morgan fingerprint density at radius 1 is 1.29 bits per heavy atom. The third-order valence-corrected chi connectivity index (χ3v) is 4.03. The summed E-state index contributed by atoms with van der Waals surface area (Å²) in [4.78, 5) is 26.7. The molecule has 8 nitrogen and oxygen atoms in total. The maximum absolute atomic E-state index is 12.0. The van der Waals surface area contributed by atoms with Crippen LogP contribution in [0.4, 0.5) is 10.7 Å². The summed E-state index contributed by atoms with van der Waals surface area (Å²) in [5, 5.41) is 5.96. The van der Waals surface area contributed by atoms with Crippen LogP contribution in [0, 0.1) is 0 Å². The van der Waals surface area contributed by atoms with E-state index in [1.807, 2.05) is 10.8 Å². The van der Waals surface area contributed by atoms with Gasteiger partial charge in [-0.3, -0.25) is 0 Å². The van der Waals surface area contributed by atoms with Gasteiger partial charge in [-0.1, -0.05) is 0 Å². The molecule has 0 bridgehead atoms. The lowest BCUT2D eigenvalue weighted by atomic mass is 10.1. The molecule has 0 spiro atoms. The summed E-state index contributed by atoms with van der Waals surface area (Å²) >= 11 is 0. The molecule has 1 saturated heterocycles. The van der Waals surface area contributed by atoms with Crippen molar-refractivity contribution in [3.63, 3.8) is 0 Å². The Kier molecular flexibility index (Phi) is 5.60. The first-order valence-corrected chi connectivity index (χ1v) is 8.33. The molecule has 1 unspecified atom stereocenters. The minimum atomic E-state index is -0.110. The molecular formula is C16H23N7O. The van der Waals surface area contributed by atoms with Crippen molar-refractivity contribution < 1.29 is 4.79 Å². The Labute approximate surface area is 141 Å². The zero-order valence-corrected chi connectivity index (χ0v) is 13.6. The van der Waals surface area contributed by atoms with Crippen LogP contribution in [0.2, 0.25) is 0 Å². The lowest BCUT2D eigenvalue weighted by Crippen LogP contribution is -2.51. The predicted molar refractivity (Wildman–Crippen MR) is 90.6 cm³/mol. The molecule has 0 aromatic carbocycles. The van der Waals surface area contributed by atoms with Crippen LogP contribution < -0.4 is 15.5 Å². The average molecular weight is 329 g/mol. The molecule has 24 heavy (non-hydrogen) atoms. The van der Waals surface area contributed by atoms with Gasteiger partial charge in [-0.2, -0.15) is 0 Å². The highest BCUT2D eigenvalue weighted by Gasteiger charge is 2.22. The molecular weight excluding hydrogens is 306 g/mol. The summed E-state index contributed by atoms with van der Waals surface area (Å²) in [6.07, 6.45) is 11.8. The summed E-state index contributed by atoms with van der Waals surface area (Å²) in [5.41, 5.74) is 0. The van der Waals surface area contributed by atoms with E-state index in [1.54, 1.807) is 31.0 Å². The second-order valence-electron chi connectivity index (χ2n) is 5.89. The molecule has 1 aliphatic heterocycles. The molecule has 1 fully saturated rings. The van der Waals surface area contributed by atoms with Crippen molar-refractivity contribution in [1.29, 1.82) is 0 Å². The van der Waals surface area contributed by atoms with Gasteiger partial charge in [-0.25, -0.2) is 19.7 Å². The van der Waals surface area contributed by atoms with Gasteiger partial charge in [0, 0.05) is 57.0 Å². The standard InChI is InChI=1S/C16H23N7O/c24-16(20-7-3-9-22-11-8-17-13-22)21-14-4-1-10-23(12-14)15-18-5-2-6-19-15/h2,5-6,8,11,13-14H,1,3-4,7,9-10,12H2,(H2,20,21,24). The van der Waals surface area contributed by atoms with Gasteiger partial charge in [-0.15, -0.1) is 0 Å². The first kappa shape index (κ1) is 16.2. The lowest BCUT2D eigenvalue weighted by Gasteiger charge is -2.33. The summed E-state index contributed by atoms with van der Waals surface area (Å²) in [5.74, 6) is 0.727. The van der Waals surface area contributed by atoms with E-state index in [4.69, 9.17) is 0 Å². The summed E-state index contributed by atoms with van der Waals surface area (Å²) < 4.78 is 2.00. The largest absolute Gasteiger partial charge is 0.339 e. The fraction of sp³-hybridized carbons (Fsp3) is 0.500. The number of carbonyl (C=O) groups excluding carboxylic acids is 1. The van der Waals surface area contributed by atoms with Crippen molar-refractivity contribution >= 4 is 12.0 Å². The molecule has 2 N–H and O–H groups in total. The van der Waals surface area contributed by atoms with E-state index in [0.717, 1.165) is 44.8 Å². The van der Waals surface area contributed by atoms with Crippen LogP contribution in [0.25, 0.3) is 0 Å². The molecule has 0 radical (unpaired) electrons. The van der Waals surface area contributed by atoms with Crippen molar-refractivity contribution in [3.8, 4) is 0 Å². The second-order valence-corrected chi connectivity index (χ2v) is 5.89. The van der Waals surface area contributed by atoms with E-state index in [9.17, 15) is 4.79 Å². The van der Waals surface area contributed by atoms with Crippen molar-refractivity contribution in [1.82, 2.24) is 30.2 Å². The lowest BCUT2D eigenvalue weighted by molar-refractivity contribution is 0.234. The number of carbonyl (C=O) groups is 1. The highest BCUT2D eigenvalue weighted by Crippen LogP contribution is 2.15. The number of anilines is 1. The third-order valence-electron chi connectivity index (χ3n) is 4.03. The number of rotatable bonds is 6. The number of imidazole rings is 1. The van der Waals surface area contributed by atoms with Crippen molar-refractivity contribution in [2.24, 2.45) is 0 Å². The number of hydrogen-bond acceptors (Lipinski definition) is 5. The number of nitrogens with one attached hydrogen (secondary N) is 2. The van der Waals surface area contributed by atoms with Gasteiger partial charge in [0.05, 0.1) is 6.33 Å². The summed E-state index contributed by atoms with van der Waals surface area (Å²) in [6.45, 7) is 3.16. The fourth-order valence-corrected chi connectivity index (χ4v) is 2.85. The van der Waals surface area contributed by atoms with Gasteiger partial charge in [0.1, 0.15) is 0 Å². The molecule has 0 aliphatic carbocycles. The molecule has 1 aliphatic rings. The van der Waals surface area contributed by atoms with Crippen LogP contribution in [-0.4, -0.2) is 51.2 Å². The Morgan fingerprint density at radius 2 is 2.17 bits per heavy atom. The van der Waals surface area contributed by atoms with Crippen LogP contribution >= 0.6 is 0 Å². The minimum absolute atomic E-state index is 0.110. The topological polar surface area (TPSA) is 88.0 Å². The monoisotopic (exact) mass is 329 g/mol. The normalized spacial score (nSPS) is 17.5. The summed E-state index contributed by atoms with van der Waals surface area (Å²) in [6, 6.07) is 1.82. The molecule has 3 heterocycles. The van der Waals surface area contributed by atoms with Crippen molar-refractivity contribution in [3.05, 3.63) is 37.2 Å². The second kappa shape index (κ2) is 8.28. The smallest absolute Gasteiger partial charge is 0.315 e. The minimum Gasteiger partial charge on any atom is -0.339 e. The van der Waals surface area contributed by atoms with E-state index in [2.05, 4.69) is 30.5 Å². The maximum atomic E-state index is 12.0. The Balaban J connectivity index is 1.38. The molecule has 2 aromatic heterocycles. The van der Waals surface area contributed by atoms with E-state index < -0.39 is 0 Å². The average Bonchev–Trinajstić information content (AvgIpc) is 3.13. The van der Waals surface area contributed by atoms with Crippen LogP contribution in [0.15, 0.2) is 37.2 Å². The molecule has 128 valence electrons. The Bertz CT molecular complexity index is 617. The van der Waals surface area contributed by atoms with E-state index >= 15 is 0 Å². The van der Waals surface area contributed by atoms with Gasteiger partial charge in [-0.05, 0) is 25.3 Å². The van der Waals surface area contributed by atoms with Gasteiger partial charge in [0.15, 0.2) is 0 Å². The quantitative estimate of drug-likeness (QED) is 0.773. The van der Waals surface area contributed by atoms with Crippen molar-refractivity contribution in [2.45, 2.75) is 31.8 Å². The number of urea groups is 1. The zero-order chi connectivity index (χ0) is 16.6. The number of amides is 2. The molecule has 1 atom stereocenters. The van der Waals surface area contributed by atoms with Crippen molar-refractivity contribution in [2.75, 3.05) is 24.5 Å². The third kappa shape index (κ3) is 4.68. The van der Waals surface area contributed by atoms with Gasteiger partial charge < -0.3 is 20.1 Å². The number of piperidine rings is 1. The molecule has 2 aromatic rings. The van der Waals surface area contributed by atoms with E-state index in [0.29, 0.717) is 6.54 Å². The number of aryl methyl sites for hydroxylation is 1. The van der Waals surface area contributed by atoms with Crippen LogP contribution in [-0.2, 0) is 6.54 Å². The Hall–Kier alpha value is -2.64. The number of nitrogens with zero attached hydrogens (tertiary/aromatic N) is 5. The van der Waals surface area contributed by atoms with E-state index in [-0.39, 0.29) is 12.1 Å². The molecule has 0 saturated carbocycles. The van der Waals surface area contributed by atoms with E-state index in [1.165, 1.54) is 0 Å². The zero-order valence-electron chi connectivity index (χ0n) is 13.6. The van der Waals surface area contributed by atoms with Crippen LogP contribution in [0.1, 0.15) is 19.3 Å². The maximum Gasteiger partial charge on any atom is 0.315 e.